The monoisotopic (exact) mass is 309 g/mol. The molecule has 4 nitrogen and oxygen atoms in total. The molecule has 2 aliphatic rings. The first-order chi connectivity index (χ1) is 10.5. The van der Waals surface area contributed by atoms with E-state index < -0.39 is 35.5 Å². The molecule has 1 N–H and O–H groups in total. The summed E-state index contributed by atoms with van der Waals surface area (Å²) in [4.78, 5) is 25.1. The van der Waals surface area contributed by atoms with E-state index in [1.807, 2.05) is 0 Å². The molecule has 1 aliphatic heterocycles. The number of amides is 1. The van der Waals surface area contributed by atoms with Crippen LogP contribution in [0.2, 0.25) is 0 Å². The van der Waals surface area contributed by atoms with Crippen molar-refractivity contribution in [1.29, 1.82) is 0 Å². The lowest BCUT2D eigenvalue weighted by atomic mass is 10.0. The maximum absolute atomic E-state index is 13.8. The second kappa shape index (κ2) is 5.66. The molecular formula is C16H17F2NO3. The Bertz CT molecular complexity index is 599. The zero-order valence-electron chi connectivity index (χ0n) is 12.0. The normalized spacial score (nSPS) is 27.5. The minimum absolute atomic E-state index is 0.0512. The number of piperidine rings is 1. The highest BCUT2D eigenvalue weighted by atomic mass is 19.1. The van der Waals surface area contributed by atoms with Crippen molar-refractivity contribution >= 4 is 11.9 Å². The van der Waals surface area contributed by atoms with E-state index in [1.54, 1.807) is 0 Å². The molecule has 3 atom stereocenters. The number of carbonyl (C=O) groups excluding carboxylic acids is 1. The quantitative estimate of drug-likeness (QED) is 0.933. The molecule has 6 heteroatoms. The lowest BCUT2D eigenvalue weighted by Crippen LogP contribution is -2.48. The predicted molar refractivity (Wildman–Crippen MR) is 74.2 cm³/mol. The summed E-state index contributed by atoms with van der Waals surface area (Å²) in [6.45, 7) is 0.402. The van der Waals surface area contributed by atoms with Crippen molar-refractivity contribution in [3.8, 4) is 0 Å². The van der Waals surface area contributed by atoms with Crippen molar-refractivity contribution in [3.63, 3.8) is 0 Å². The Labute approximate surface area is 126 Å². The number of carboxylic acid groups (broad SMARTS) is 1. The second-order valence-corrected chi connectivity index (χ2v) is 5.97. The number of halogens is 2. The Morgan fingerprint density at radius 3 is 2.50 bits per heavy atom. The van der Waals surface area contributed by atoms with Gasteiger partial charge in [-0.15, -0.1) is 0 Å². The Kier molecular flexibility index (Phi) is 3.85. The average Bonchev–Trinajstić information content (AvgIpc) is 3.26. The van der Waals surface area contributed by atoms with Gasteiger partial charge in [-0.2, -0.15) is 0 Å². The Morgan fingerprint density at radius 1 is 1.18 bits per heavy atom. The number of hydrogen-bond donors (Lipinski definition) is 1. The molecule has 3 unspecified atom stereocenters. The van der Waals surface area contributed by atoms with Crippen molar-refractivity contribution in [1.82, 2.24) is 4.90 Å². The number of aliphatic carboxylic acids is 1. The number of rotatable bonds is 3. The van der Waals surface area contributed by atoms with Gasteiger partial charge in [0, 0.05) is 23.9 Å². The number of likely N-dealkylation sites (tertiary alicyclic amines) is 1. The van der Waals surface area contributed by atoms with E-state index in [4.69, 9.17) is 0 Å². The van der Waals surface area contributed by atoms with Crippen LogP contribution in [0.3, 0.4) is 0 Å². The molecule has 1 aliphatic carbocycles. The van der Waals surface area contributed by atoms with Crippen molar-refractivity contribution in [2.75, 3.05) is 6.54 Å². The SMILES string of the molecule is O=C(O)C1CCCCN1C(=O)C1CC1c1c(F)cccc1F. The number of nitrogens with zero attached hydrogens (tertiary/aromatic N) is 1. The van der Waals surface area contributed by atoms with Crippen LogP contribution in [-0.4, -0.2) is 34.5 Å². The number of carbonyl (C=O) groups is 2. The van der Waals surface area contributed by atoms with Crippen LogP contribution < -0.4 is 0 Å². The standard InChI is InChI=1S/C16H17F2NO3/c17-11-4-3-5-12(18)14(11)9-8-10(9)15(20)19-7-2-1-6-13(19)16(21)22/h3-5,9-10,13H,1-2,6-8H2,(H,21,22). The molecule has 1 heterocycles. The minimum atomic E-state index is -1.01. The summed E-state index contributed by atoms with van der Waals surface area (Å²) in [5, 5.41) is 9.22. The maximum Gasteiger partial charge on any atom is 0.326 e. The third-order valence-corrected chi connectivity index (χ3v) is 4.55. The van der Waals surface area contributed by atoms with E-state index in [1.165, 1.54) is 23.1 Å². The molecule has 0 spiro atoms. The van der Waals surface area contributed by atoms with Gasteiger partial charge in [0.2, 0.25) is 5.91 Å². The van der Waals surface area contributed by atoms with Gasteiger partial charge in [0.1, 0.15) is 17.7 Å². The Morgan fingerprint density at radius 2 is 1.86 bits per heavy atom. The van der Waals surface area contributed by atoms with Gasteiger partial charge < -0.3 is 10.0 Å². The van der Waals surface area contributed by atoms with Crippen LogP contribution in [0.1, 0.15) is 37.2 Å². The van der Waals surface area contributed by atoms with Gasteiger partial charge in [-0.25, -0.2) is 13.6 Å². The van der Waals surface area contributed by atoms with Crippen LogP contribution in [0.25, 0.3) is 0 Å². The lowest BCUT2D eigenvalue weighted by Gasteiger charge is -2.33. The molecule has 1 saturated carbocycles. The highest BCUT2D eigenvalue weighted by Crippen LogP contribution is 2.50. The third kappa shape index (κ3) is 2.58. The van der Waals surface area contributed by atoms with E-state index in [9.17, 15) is 23.5 Å². The van der Waals surface area contributed by atoms with Crippen LogP contribution in [0.15, 0.2) is 18.2 Å². The maximum atomic E-state index is 13.8. The highest BCUT2D eigenvalue weighted by Gasteiger charge is 2.50. The van der Waals surface area contributed by atoms with Gasteiger partial charge in [0.15, 0.2) is 0 Å². The zero-order chi connectivity index (χ0) is 15.9. The Hall–Kier alpha value is -1.98. The highest BCUT2D eigenvalue weighted by molar-refractivity contribution is 5.88. The van der Waals surface area contributed by atoms with Gasteiger partial charge in [0.25, 0.3) is 0 Å². The first-order valence-electron chi connectivity index (χ1n) is 7.48. The van der Waals surface area contributed by atoms with Crippen LogP contribution in [-0.2, 0) is 9.59 Å². The second-order valence-electron chi connectivity index (χ2n) is 5.97. The van der Waals surface area contributed by atoms with E-state index in [0.29, 0.717) is 19.4 Å². The summed E-state index contributed by atoms with van der Waals surface area (Å²) in [5.74, 6) is -3.58. The van der Waals surface area contributed by atoms with Gasteiger partial charge in [-0.05, 0) is 37.8 Å². The molecule has 3 rings (SSSR count). The molecule has 1 aromatic carbocycles. The topological polar surface area (TPSA) is 57.6 Å². The summed E-state index contributed by atoms with van der Waals surface area (Å²) < 4.78 is 27.5. The largest absolute Gasteiger partial charge is 0.480 e. The fraction of sp³-hybridized carbons (Fsp3) is 0.500. The number of hydrogen-bond acceptors (Lipinski definition) is 2. The molecule has 22 heavy (non-hydrogen) atoms. The van der Waals surface area contributed by atoms with E-state index in [-0.39, 0.29) is 11.5 Å². The molecule has 118 valence electrons. The molecule has 2 fully saturated rings. The molecule has 0 bridgehead atoms. The summed E-state index contributed by atoms with van der Waals surface area (Å²) >= 11 is 0. The van der Waals surface area contributed by atoms with Crippen LogP contribution in [0, 0.1) is 17.6 Å². The molecule has 1 aromatic rings. The number of carboxylic acids is 1. The van der Waals surface area contributed by atoms with Crippen LogP contribution in [0.4, 0.5) is 8.78 Å². The third-order valence-electron chi connectivity index (χ3n) is 4.55. The summed E-state index contributed by atoms with van der Waals surface area (Å²) in [5.41, 5.74) is -0.0512. The van der Waals surface area contributed by atoms with Crippen molar-refractivity contribution in [2.45, 2.75) is 37.6 Å². The summed E-state index contributed by atoms with van der Waals surface area (Å²) in [6, 6.07) is 2.84. The van der Waals surface area contributed by atoms with Gasteiger partial charge in [0.05, 0.1) is 0 Å². The minimum Gasteiger partial charge on any atom is -0.480 e. The molecular weight excluding hydrogens is 292 g/mol. The predicted octanol–water partition coefficient (Wildman–Crippen LogP) is 2.53. The van der Waals surface area contributed by atoms with E-state index in [2.05, 4.69) is 0 Å². The van der Waals surface area contributed by atoms with Crippen molar-refractivity contribution in [2.24, 2.45) is 5.92 Å². The van der Waals surface area contributed by atoms with Crippen LogP contribution in [0.5, 0.6) is 0 Å². The number of benzene rings is 1. The lowest BCUT2D eigenvalue weighted by molar-refractivity contribution is -0.152. The summed E-state index contributed by atoms with van der Waals surface area (Å²) in [7, 11) is 0. The van der Waals surface area contributed by atoms with Gasteiger partial charge >= 0.3 is 5.97 Å². The molecule has 0 radical (unpaired) electrons. The smallest absolute Gasteiger partial charge is 0.326 e. The van der Waals surface area contributed by atoms with E-state index in [0.717, 1.165) is 12.8 Å². The fourth-order valence-corrected chi connectivity index (χ4v) is 3.32. The molecule has 1 saturated heterocycles. The van der Waals surface area contributed by atoms with E-state index >= 15 is 0 Å². The molecule has 0 aromatic heterocycles. The first-order valence-corrected chi connectivity index (χ1v) is 7.48. The molecule has 1 amide bonds. The van der Waals surface area contributed by atoms with Gasteiger partial charge in [-0.3, -0.25) is 4.79 Å². The summed E-state index contributed by atoms with van der Waals surface area (Å²) in [6.07, 6.45) is 2.35. The van der Waals surface area contributed by atoms with Crippen LogP contribution >= 0.6 is 0 Å². The Balaban J connectivity index is 1.76. The van der Waals surface area contributed by atoms with Crippen molar-refractivity contribution < 1.29 is 23.5 Å². The average molecular weight is 309 g/mol. The fourth-order valence-electron chi connectivity index (χ4n) is 3.32. The van der Waals surface area contributed by atoms with Gasteiger partial charge in [-0.1, -0.05) is 6.07 Å². The zero-order valence-corrected chi connectivity index (χ0v) is 12.0. The first kappa shape index (κ1) is 14.9. The van der Waals surface area contributed by atoms with Crippen molar-refractivity contribution in [3.05, 3.63) is 35.4 Å².